The maximum atomic E-state index is 12.3. The number of rotatable bonds is 4. The minimum absolute atomic E-state index is 0. The number of benzene rings is 3. The van der Waals surface area contributed by atoms with Crippen LogP contribution in [-0.4, -0.2) is 29.8 Å². The zero-order chi connectivity index (χ0) is 25.8. The number of amides is 6. The van der Waals surface area contributed by atoms with E-state index in [0.29, 0.717) is 23.1 Å². The molecule has 9 nitrogen and oxygen atoms in total. The molecule has 3 N–H and O–H groups in total. The normalized spacial score (nSPS) is 17.2. The van der Waals surface area contributed by atoms with Crippen LogP contribution >= 0.6 is 0 Å². The molecule has 10 heteroatoms. The molecule has 5 rings (SSSR count). The van der Waals surface area contributed by atoms with Gasteiger partial charge in [0.25, 0.3) is 0 Å². The quantitative estimate of drug-likeness (QED) is 0.311. The van der Waals surface area contributed by atoms with E-state index in [2.05, 4.69) is 20.9 Å². The Morgan fingerprint density at radius 3 is 1.46 bits per heavy atom. The van der Waals surface area contributed by atoms with Crippen LogP contribution in [-0.2, 0) is 20.5 Å². The molecule has 2 heterocycles. The Morgan fingerprint density at radius 2 is 1.11 bits per heavy atom. The predicted octanol–water partition coefficient (Wildman–Crippen LogP) is -0.883. The van der Waals surface area contributed by atoms with Gasteiger partial charge >= 0.3 is 41.6 Å². The third-order valence-corrected chi connectivity index (χ3v) is 6.26. The number of carbonyl (C=O) groups excluding carboxylic acids is 4. The van der Waals surface area contributed by atoms with Gasteiger partial charge < -0.3 is 10.4 Å². The summed E-state index contributed by atoms with van der Waals surface area (Å²) in [5.74, 6) is -1.62. The van der Waals surface area contributed by atoms with Crippen molar-refractivity contribution >= 4 is 29.8 Å². The number of nitrogens with zero attached hydrogens (tertiary/aromatic N) is 1. The molecule has 1 saturated heterocycles. The number of carbonyl (C=O) groups is 4. The van der Waals surface area contributed by atoms with Crippen molar-refractivity contribution in [1.29, 1.82) is 0 Å². The summed E-state index contributed by atoms with van der Waals surface area (Å²) in [5.41, 5.74) is -0.499. The molecule has 2 aliphatic heterocycles. The SMILES string of the molecule is CCC1(c2ccccc2)C(=O)NC(=O)NC1=O.O=C1N=C([O-])C(c2ccccc2)(c2ccccc2)N1.[Na+]. The summed E-state index contributed by atoms with van der Waals surface area (Å²) in [6, 6.07) is 25.7. The third kappa shape index (κ3) is 5.06. The smallest absolute Gasteiger partial charge is 0.859 e. The fourth-order valence-corrected chi connectivity index (χ4v) is 4.42. The Kier molecular flexibility index (Phi) is 8.65. The minimum Gasteiger partial charge on any atom is -0.859 e. The second kappa shape index (κ2) is 11.5. The molecular weight excluding hydrogens is 483 g/mol. The summed E-state index contributed by atoms with van der Waals surface area (Å²) in [7, 11) is 0. The van der Waals surface area contributed by atoms with Crippen LogP contribution in [0, 0.1) is 0 Å². The molecule has 0 spiro atoms. The molecule has 182 valence electrons. The maximum Gasteiger partial charge on any atom is 1.00 e. The summed E-state index contributed by atoms with van der Waals surface area (Å²) < 4.78 is 0. The van der Waals surface area contributed by atoms with Gasteiger partial charge in [0.2, 0.25) is 11.8 Å². The topological polar surface area (TPSA) is 140 Å². The van der Waals surface area contributed by atoms with Gasteiger partial charge in [-0.2, -0.15) is 0 Å². The van der Waals surface area contributed by atoms with E-state index >= 15 is 0 Å². The van der Waals surface area contributed by atoms with Crippen molar-refractivity contribution in [1.82, 2.24) is 16.0 Å². The molecule has 6 amide bonds. The number of hydrogen-bond acceptors (Lipinski definition) is 5. The van der Waals surface area contributed by atoms with Crippen LogP contribution in [0.2, 0.25) is 0 Å². The Bertz CT molecular complexity index is 1270. The van der Waals surface area contributed by atoms with Crippen molar-refractivity contribution in [3.63, 3.8) is 0 Å². The van der Waals surface area contributed by atoms with Crippen molar-refractivity contribution in [2.24, 2.45) is 4.99 Å². The fraction of sp³-hybridized carbons (Fsp3) is 0.148. The summed E-state index contributed by atoms with van der Waals surface area (Å²) in [5, 5.41) is 19.2. The Morgan fingerprint density at radius 1 is 0.703 bits per heavy atom. The van der Waals surface area contributed by atoms with Crippen LogP contribution in [0.3, 0.4) is 0 Å². The Hall–Kier alpha value is -3.79. The van der Waals surface area contributed by atoms with Crippen molar-refractivity contribution in [3.8, 4) is 0 Å². The van der Waals surface area contributed by atoms with Gasteiger partial charge in [-0.1, -0.05) is 97.9 Å². The average molecular weight is 506 g/mol. The summed E-state index contributed by atoms with van der Waals surface area (Å²) >= 11 is 0. The van der Waals surface area contributed by atoms with E-state index in [1.165, 1.54) is 0 Å². The van der Waals surface area contributed by atoms with E-state index in [9.17, 15) is 24.3 Å². The number of urea groups is 2. The van der Waals surface area contributed by atoms with Gasteiger partial charge in [0.05, 0.1) is 0 Å². The summed E-state index contributed by atoms with van der Waals surface area (Å²) in [6.45, 7) is 1.74. The summed E-state index contributed by atoms with van der Waals surface area (Å²) in [6.07, 6.45) is 0.294. The number of hydrogen-bond donors (Lipinski definition) is 3. The zero-order valence-electron chi connectivity index (χ0n) is 20.4. The molecule has 37 heavy (non-hydrogen) atoms. The van der Waals surface area contributed by atoms with Crippen molar-refractivity contribution in [3.05, 3.63) is 108 Å². The van der Waals surface area contributed by atoms with E-state index in [0.717, 1.165) is 0 Å². The fourth-order valence-electron chi connectivity index (χ4n) is 4.42. The van der Waals surface area contributed by atoms with E-state index in [1.807, 2.05) is 60.7 Å². The second-order valence-corrected chi connectivity index (χ2v) is 8.19. The average Bonchev–Trinajstić information content (AvgIpc) is 3.20. The number of barbiturate groups is 1. The van der Waals surface area contributed by atoms with Crippen LogP contribution in [0.25, 0.3) is 0 Å². The van der Waals surface area contributed by atoms with Gasteiger partial charge in [-0.15, -0.1) is 0 Å². The van der Waals surface area contributed by atoms with E-state index in [-0.39, 0.29) is 29.6 Å². The van der Waals surface area contributed by atoms with Crippen LogP contribution in [0.15, 0.2) is 96.0 Å². The first-order valence-electron chi connectivity index (χ1n) is 11.3. The van der Waals surface area contributed by atoms with Gasteiger partial charge in [0, 0.05) is 5.90 Å². The molecule has 0 atom stereocenters. The molecular formula is C27H23N4NaO5. The standard InChI is InChI=1S/C15H12N2O2.C12H12N2O3.Na/c18-13-15(17-14(19)16-13,11-7-3-1-4-8-11)12-9-5-2-6-10-12;1-2-12(8-6-4-3-5-7-8)9(15)13-11(17)14-10(12)16;/h1-10H,(H2,16,17,18,19);3-7H,2H2,1H3,(H2,13,14,15,16,17);/q;;+1/p-1. The molecule has 3 aromatic carbocycles. The molecule has 0 bridgehead atoms. The monoisotopic (exact) mass is 506 g/mol. The zero-order valence-corrected chi connectivity index (χ0v) is 22.4. The first-order valence-corrected chi connectivity index (χ1v) is 11.3. The molecule has 0 radical (unpaired) electrons. The number of imide groups is 2. The van der Waals surface area contributed by atoms with Crippen molar-refractivity contribution in [2.45, 2.75) is 24.3 Å². The first kappa shape index (κ1) is 27.8. The number of nitrogens with one attached hydrogen (secondary N) is 3. The first-order chi connectivity index (χ1) is 17.3. The number of aliphatic imine (C=N–C) groups is 1. The van der Waals surface area contributed by atoms with Crippen molar-refractivity contribution < 1.29 is 53.8 Å². The van der Waals surface area contributed by atoms with Crippen molar-refractivity contribution in [2.75, 3.05) is 0 Å². The summed E-state index contributed by atoms with van der Waals surface area (Å²) in [4.78, 5) is 50.0. The Balaban J connectivity index is 0.000000201. The molecule has 0 aliphatic carbocycles. The largest absolute Gasteiger partial charge is 1.00 e. The molecule has 0 aromatic heterocycles. The van der Waals surface area contributed by atoms with Gasteiger partial charge in [0.15, 0.2) is 5.41 Å². The second-order valence-electron chi connectivity index (χ2n) is 8.19. The van der Waals surface area contributed by atoms with E-state index in [4.69, 9.17) is 0 Å². The van der Waals surface area contributed by atoms with Crippen LogP contribution < -0.4 is 50.6 Å². The van der Waals surface area contributed by atoms with Crippen LogP contribution in [0.1, 0.15) is 30.0 Å². The molecule has 1 fully saturated rings. The molecule has 2 aliphatic rings. The minimum atomic E-state index is -1.31. The van der Waals surface area contributed by atoms with Gasteiger partial charge in [-0.3, -0.25) is 20.2 Å². The molecule has 0 unspecified atom stereocenters. The predicted molar refractivity (Wildman–Crippen MR) is 130 cm³/mol. The Labute approximate surface area is 235 Å². The van der Waals surface area contributed by atoms with Gasteiger partial charge in [-0.05, 0) is 23.1 Å². The molecule has 3 aromatic rings. The third-order valence-electron chi connectivity index (χ3n) is 6.26. The van der Waals surface area contributed by atoms with Crippen LogP contribution in [0.4, 0.5) is 9.59 Å². The maximum absolute atomic E-state index is 12.3. The van der Waals surface area contributed by atoms with Gasteiger partial charge in [0.1, 0.15) is 5.54 Å². The van der Waals surface area contributed by atoms with E-state index < -0.39 is 40.7 Å². The van der Waals surface area contributed by atoms with Gasteiger partial charge in [-0.25, -0.2) is 14.6 Å². The van der Waals surface area contributed by atoms with E-state index in [1.54, 1.807) is 37.3 Å². The molecule has 0 saturated carbocycles. The van der Waals surface area contributed by atoms with Crippen LogP contribution in [0.5, 0.6) is 0 Å².